The van der Waals surface area contributed by atoms with E-state index >= 15 is 0 Å². The van der Waals surface area contributed by atoms with Crippen molar-refractivity contribution in [1.82, 2.24) is 0 Å². The number of sulfone groups is 1. The van der Waals surface area contributed by atoms with Gasteiger partial charge in [-0.25, -0.2) is 8.42 Å². The van der Waals surface area contributed by atoms with Crippen molar-refractivity contribution < 1.29 is 18.6 Å². The van der Waals surface area contributed by atoms with Gasteiger partial charge in [-0.2, -0.15) is 0 Å². The fourth-order valence-electron chi connectivity index (χ4n) is 2.58. The normalized spacial score (nSPS) is 11.7. The van der Waals surface area contributed by atoms with Gasteiger partial charge in [0.2, 0.25) is 9.84 Å². The van der Waals surface area contributed by atoms with E-state index in [4.69, 9.17) is 0 Å². The highest BCUT2D eigenvalue weighted by molar-refractivity contribution is 7.91. The second-order valence-corrected chi connectivity index (χ2v) is 7.58. The van der Waals surface area contributed by atoms with Gasteiger partial charge in [0.25, 0.3) is 0 Å². The average Bonchev–Trinajstić information content (AvgIpc) is 2.39. The maximum absolute atomic E-state index is 13.0. The number of benzene rings is 2. The fourth-order valence-corrected chi connectivity index (χ4v) is 4.54. The SMILES string of the molecule is Cc1cc(O)c(C)c(S(=O)(=O)c2c(C)cc(C)c(C)c2O)c1. The molecule has 2 rings (SSSR count). The van der Waals surface area contributed by atoms with Crippen LogP contribution < -0.4 is 0 Å². The van der Waals surface area contributed by atoms with E-state index < -0.39 is 9.84 Å². The van der Waals surface area contributed by atoms with Crippen molar-refractivity contribution in [2.75, 3.05) is 0 Å². The Morgan fingerprint density at radius 3 is 2.00 bits per heavy atom. The summed E-state index contributed by atoms with van der Waals surface area (Å²) in [7, 11) is -3.93. The van der Waals surface area contributed by atoms with Crippen molar-refractivity contribution >= 4 is 9.84 Å². The topological polar surface area (TPSA) is 74.6 Å². The highest BCUT2D eigenvalue weighted by Gasteiger charge is 2.28. The number of phenols is 2. The van der Waals surface area contributed by atoms with Gasteiger partial charge in [0, 0.05) is 5.56 Å². The van der Waals surface area contributed by atoms with Crippen LogP contribution in [0.25, 0.3) is 0 Å². The lowest BCUT2D eigenvalue weighted by molar-refractivity contribution is 0.452. The molecule has 0 atom stereocenters. The number of aryl methyl sites for hydroxylation is 3. The molecule has 0 bridgehead atoms. The predicted octanol–water partition coefficient (Wildman–Crippen LogP) is 3.47. The Kier molecular flexibility index (Phi) is 3.96. The molecule has 0 unspecified atom stereocenters. The summed E-state index contributed by atoms with van der Waals surface area (Å²) in [5.41, 5.74) is 2.78. The summed E-state index contributed by atoms with van der Waals surface area (Å²) in [6.07, 6.45) is 0. The fraction of sp³-hybridized carbons (Fsp3) is 0.294. The molecule has 0 aliphatic carbocycles. The van der Waals surface area contributed by atoms with E-state index in [2.05, 4.69) is 0 Å². The maximum Gasteiger partial charge on any atom is 0.210 e. The standard InChI is InChI=1S/C17H20O4S/c1-9-6-14(18)13(5)15(7-9)22(20,21)17-11(3)8-10(2)12(4)16(17)19/h6-8,18-19H,1-5H3. The zero-order chi connectivity index (χ0) is 16.8. The minimum Gasteiger partial charge on any atom is -0.508 e. The first-order valence-corrected chi connectivity index (χ1v) is 8.40. The Bertz CT molecular complexity index is 865. The quantitative estimate of drug-likeness (QED) is 0.888. The van der Waals surface area contributed by atoms with E-state index in [1.807, 2.05) is 6.92 Å². The van der Waals surface area contributed by atoms with E-state index in [9.17, 15) is 18.6 Å². The third-order valence-corrected chi connectivity index (χ3v) is 6.04. The summed E-state index contributed by atoms with van der Waals surface area (Å²) in [4.78, 5) is -0.0737. The molecule has 0 heterocycles. The van der Waals surface area contributed by atoms with Gasteiger partial charge in [0.15, 0.2) is 0 Å². The predicted molar refractivity (Wildman–Crippen MR) is 85.4 cm³/mol. The van der Waals surface area contributed by atoms with Gasteiger partial charge >= 0.3 is 0 Å². The second kappa shape index (κ2) is 5.32. The van der Waals surface area contributed by atoms with E-state index in [-0.39, 0.29) is 26.9 Å². The molecule has 4 nitrogen and oxygen atoms in total. The summed E-state index contributed by atoms with van der Waals surface area (Å²) in [5.74, 6) is -0.294. The molecule has 0 aliphatic heterocycles. The number of hydrogen-bond acceptors (Lipinski definition) is 4. The van der Waals surface area contributed by atoms with Gasteiger partial charge in [-0.05, 0) is 69.0 Å². The van der Waals surface area contributed by atoms with E-state index in [1.54, 1.807) is 33.8 Å². The first-order valence-electron chi connectivity index (χ1n) is 6.92. The first kappa shape index (κ1) is 16.4. The zero-order valence-corrected chi connectivity index (χ0v) is 14.2. The third-order valence-electron chi connectivity index (χ3n) is 3.99. The largest absolute Gasteiger partial charge is 0.508 e. The van der Waals surface area contributed by atoms with Gasteiger partial charge in [0.1, 0.15) is 16.4 Å². The molecule has 0 amide bonds. The molecular weight excluding hydrogens is 300 g/mol. The number of aromatic hydroxyl groups is 2. The van der Waals surface area contributed by atoms with Crippen LogP contribution in [-0.4, -0.2) is 18.6 Å². The molecule has 0 aliphatic rings. The van der Waals surface area contributed by atoms with Crippen molar-refractivity contribution in [3.8, 4) is 11.5 Å². The minimum atomic E-state index is -3.93. The van der Waals surface area contributed by atoms with Crippen LogP contribution in [0.15, 0.2) is 28.0 Å². The van der Waals surface area contributed by atoms with E-state index in [1.165, 1.54) is 12.1 Å². The van der Waals surface area contributed by atoms with Crippen molar-refractivity contribution in [2.45, 2.75) is 44.4 Å². The summed E-state index contributed by atoms with van der Waals surface area (Å²) >= 11 is 0. The molecule has 5 heteroatoms. The lowest BCUT2D eigenvalue weighted by Crippen LogP contribution is -2.08. The van der Waals surface area contributed by atoms with Crippen LogP contribution in [0.5, 0.6) is 11.5 Å². The molecule has 0 radical (unpaired) electrons. The van der Waals surface area contributed by atoms with Crippen molar-refractivity contribution in [2.24, 2.45) is 0 Å². The van der Waals surface area contributed by atoms with Crippen molar-refractivity contribution in [1.29, 1.82) is 0 Å². The van der Waals surface area contributed by atoms with Crippen LogP contribution in [0.2, 0.25) is 0 Å². The molecular formula is C17H20O4S. The smallest absolute Gasteiger partial charge is 0.210 e. The number of rotatable bonds is 2. The highest BCUT2D eigenvalue weighted by atomic mass is 32.2. The molecule has 2 aromatic carbocycles. The van der Waals surface area contributed by atoms with Crippen LogP contribution in [0.1, 0.15) is 27.8 Å². The van der Waals surface area contributed by atoms with Crippen LogP contribution in [-0.2, 0) is 9.84 Å². The average molecular weight is 320 g/mol. The van der Waals surface area contributed by atoms with Crippen LogP contribution in [0, 0.1) is 34.6 Å². The Morgan fingerprint density at radius 2 is 1.41 bits per heavy atom. The maximum atomic E-state index is 13.0. The van der Waals surface area contributed by atoms with Crippen molar-refractivity contribution in [3.63, 3.8) is 0 Å². The molecule has 0 aromatic heterocycles. The zero-order valence-electron chi connectivity index (χ0n) is 13.4. The monoisotopic (exact) mass is 320 g/mol. The highest BCUT2D eigenvalue weighted by Crippen LogP contribution is 2.38. The molecule has 2 aromatic rings. The number of phenolic OH excluding ortho intramolecular Hbond substituents is 2. The molecule has 0 fully saturated rings. The summed E-state index contributed by atoms with van der Waals surface area (Å²) in [5, 5.41) is 20.2. The second-order valence-electron chi connectivity index (χ2n) is 5.72. The summed E-state index contributed by atoms with van der Waals surface area (Å²) in [6, 6.07) is 4.77. The van der Waals surface area contributed by atoms with Crippen LogP contribution in [0.4, 0.5) is 0 Å². The molecule has 0 saturated heterocycles. The van der Waals surface area contributed by atoms with E-state index in [0.29, 0.717) is 16.7 Å². The molecule has 118 valence electrons. The van der Waals surface area contributed by atoms with Gasteiger partial charge in [0.05, 0.1) is 4.90 Å². The first-order chi connectivity index (χ1) is 10.1. The molecule has 22 heavy (non-hydrogen) atoms. The molecule has 0 spiro atoms. The summed E-state index contributed by atoms with van der Waals surface area (Å²) in [6.45, 7) is 8.43. The molecule has 0 saturated carbocycles. The Balaban J connectivity index is 2.86. The van der Waals surface area contributed by atoms with Crippen LogP contribution >= 0.6 is 0 Å². The van der Waals surface area contributed by atoms with E-state index in [0.717, 1.165) is 5.56 Å². The Morgan fingerprint density at radius 1 is 0.818 bits per heavy atom. The third kappa shape index (κ3) is 2.46. The van der Waals surface area contributed by atoms with Gasteiger partial charge in [-0.3, -0.25) is 0 Å². The lowest BCUT2D eigenvalue weighted by atomic mass is 10.1. The number of hydrogen-bond donors (Lipinski definition) is 2. The molecule has 2 N–H and O–H groups in total. The lowest BCUT2D eigenvalue weighted by Gasteiger charge is -2.16. The van der Waals surface area contributed by atoms with Crippen LogP contribution in [0.3, 0.4) is 0 Å². The minimum absolute atomic E-state index is 0.0200. The Hall–Kier alpha value is -2.01. The van der Waals surface area contributed by atoms with Crippen molar-refractivity contribution in [3.05, 3.63) is 46.0 Å². The summed E-state index contributed by atoms with van der Waals surface area (Å²) < 4.78 is 26.0. The van der Waals surface area contributed by atoms with Gasteiger partial charge in [-0.15, -0.1) is 0 Å². The Labute approximate surface area is 131 Å². The van der Waals surface area contributed by atoms with Gasteiger partial charge < -0.3 is 10.2 Å². The van der Waals surface area contributed by atoms with Gasteiger partial charge in [-0.1, -0.05) is 6.07 Å².